The molecule has 0 fully saturated rings. The van der Waals surface area contributed by atoms with Crippen molar-refractivity contribution in [1.29, 1.82) is 0 Å². The van der Waals surface area contributed by atoms with E-state index in [4.69, 9.17) is 0 Å². The van der Waals surface area contributed by atoms with Gasteiger partial charge in [0.2, 0.25) is 5.91 Å². The molecule has 1 aliphatic heterocycles. The fourth-order valence-electron chi connectivity index (χ4n) is 3.31. The maximum absolute atomic E-state index is 14.4. The Bertz CT molecular complexity index is 987. The van der Waals surface area contributed by atoms with Crippen LogP contribution in [-0.4, -0.2) is 5.91 Å². The second-order valence-electron chi connectivity index (χ2n) is 5.84. The molecule has 3 aromatic carbocycles. The molecular formula is C19H12Br2FNO. The van der Waals surface area contributed by atoms with E-state index in [1.165, 1.54) is 6.07 Å². The van der Waals surface area contributed by atoms with E-state index < -0.39 is 0 Å². The van der Waals surface area contributed by atoms with Gasteiger partial charge < -0.3 is 5.32 Å². The fraction of sp³-hybridized carbons (Fsp3) is 0.105. The van der Waals surface area contributed by atoms with Crippen LogP contribution in [0.5, 0.6) is 0 Å². The average molecular weight is 449 g/mol. The summed E-state index contributed by atoms with van der Waals surface area (Å²) in [4.78, 5) is 12.3. The third-order valence-corrected chi connectivity index (χ3v) is 5.54. The summed E-state index contributed by atoms with van der Waals surface area (Å²) < 4.78 is 16.2. The fourth-order valence-corrected chi connectivity index (χ4v) is 4.28. The highest BCUT2D eigenvalue weighted by atomic mass is 79.9. The van der Waals surface area contributed by atoms with Crippen molar-refractivity contribution in [2.75, 3.05) is 5.32 Å². The minimum Gasteiger partial charge on any atom is -0.325 e. The van der Waals surface area contributed by atoms with Gasteiger partial charge >= 0.3 is 0 Å². The number of anilines is 1. The normalized spacial score (nSPS) is 16.8. The number of carbonyl (C=O) groups is 1. The molecule has 0 spiro atoms. The number of halogens is 3. The summed E-state index contributed by atoms with van der Waals surface area (Å²) in [6.45, 7) is 0. The molecular weight excluding hydrogens is 437 g/mol. The number of rotatable bonds is 1. The molecule has 0 bridgehead atoms. The summed E-state index contributed by atoms with van der Waals surface area (Å²) in [5.41, 5.74) is 2.23. The van der Waals surface area contributed by atoms with Crippen molar-refractivity contribution in [2.45, 2.75) is 12.3 Å². The highest BCUT2D eigenvalue weighted by Gasteiger charge is 2.30. The first-order valence-corrected chi connectivity index (χ1v) is 9.09. The lowest BCUT2D eigenvalue weighted by Gasteiger charge is -2.28. The maximum Gasteiger partial charge on any atom is 0.225 e. The molecule has 24 heavy (non-hydrogen) atoms. The lowest BCUT2D eigenvalue weighted by molar-refractivity contribution is -0.116. The van der Waals surface area contributed by atoms with Crippen LogP contribution in [0.2, 0.25) is 0 Å². The molecule has 1 amide bonds. The third kappa shape index (κ3) is 2.56. The second kappa shape index (κ2) is 5.97. The number of hydrogen-bond acceptors (Lipinski definition) is 1. The molecule has 4 rings (SSSR count). The van der Waals surface area contributed by atoms with Crippen molar-refractivity contribution in [3.05, 3.63) is 74.4 Å². The first-order valence-electron chi connectivity index (χ1n) is 7.50. The van der Waals surface area contributed by atoms with Crippen LogP contribution in [0.3, 0.4) is 0 Å². The molecule has 1 atom stereocenters. The number of nitrogens with one attached hydrogen (secondary N) is 1. The van der Waals surface area contributed by atoms with Crippen molar-refractivity contribution in [2.24, 2.45) is 0 Å². The van der Waals surface area contributed by atoms with E-state index in [0.29, 0.717) is 5.56 Å². The Morgan fingerprint density at radius 2 is 1.75 bits per heavy atom. The Kier molecular flexibility index (Phi) is 3.93. The Morgan fingerprint density at radius 3 is 2.54 bits per heavy atom. The third-order valence-electron chi connectivity index (χ3n) is 4.39. The van der Waals surface area contributed by atoms with E-state index in [1.54, 1.807) is 12.1 Å². The molecule has 1 aliphatic rings. The molecule has 5 heteroatoms. The molecule has 0 saturated heterocycles. The zero-order valence-corrected chi connectivity index (χ0v) is 15.6. The van der Waals surface area contributed by atoms with Gasteiger partial charge in [-0.1, -0.05) is 56.1 Å². The Balaban J connectivity index is 2.01. The van der Waals surface area contributed by atoms with E-state index in [2.05, 4.69) is 37.2 Å². The predicted octanol–water partition coefficient (Wildman–Crippen LogP) is 5.98. The average Bonchev–Trinajstić information content (AvgIpc) is 2.58. The van der Waals surface area contributed by atoms with Gasteiger partial charge in [0.05, 0.1) is 5.69 Å². The summed E-state index contributed by atoms with van der Waals surface area (Å²) in [5, 5.41) is 4.94. The standard InChI is InChI=1S/C19H12Br2FNO/c20-10-5-6-17(22)14(7-10)13-9-18(24)23-19-12-4-2-1-3-11(12)16(21)8-15(13)19/h1-8,13H,9H2,(H,23,24)/t13-/m0/s1. The van der Waals surface area contributed by atoms with Gasteiger partial charge in [-0.15, -0.1) is 0 Å². The van der Waals surface area contributed by atoms with Crippen LogP contribution in [0.1, 0.15) is 23.5 Å². The molecule has 0 aliphatic carbocycles. The largest absolute Gasteiger partial charge is 0.325 e. The molecule has 2 nitrogen and oxygen atoms in total. The van der Waals surface area contributed by atoms with Crippen LogP contribution in [-0.2, 0) is 4.79 Å². The summed E-state index contributed by atoms with van der Waals surface area (Å²) >= 11 is 7.00. The van der Waals surface area contributed by atoms with Crippen molar-refractivity contribution in [3.63, 3.8) is 0 Å². The molecule has 0 aromatic heterocycles. The number of amides is 1. The summed E-state index contributed by atoms with van der Waals surface area (Å²) in [5.74, 6) is -0.709. The summed E-state index contributed by atoms with van der Waals surface area (Å²) in [6, 6.07) is 14.7. The van der Waals surface area contributed by atoms with Crippen molar-refractivity contribution in [1.82, 2.24) is 0 Å². The summed E-state index contributed by atoms with van der Waals surface area (Å²) in [6.07, 6.45) is 0.227. The minimum absolute atomic E-state index is 0.0978. The smallest absolute Gasteiger partial charge is 0.225 e. The monoisotopic (exact) mass is 447 g/mol. The predicted molar refractivity (Wildman–Crippen MR) is 101 cm³/mol. The lowest BCUT2D eigenvalue weighted by Crippen LogP contribution is -2.24. The van der Waals surface area contributed by atoms with Crippen LogP contribution in [0.15, 0.2) is 57.5 Å². The van der Waals surface area contributed by atoms with E-state index >= 15 is 0 Å². The molecule has 0 radical (unpaired) electrons. The van der Waals surface area contributed by atoms with Gasteiger partial charge in [-0.3, -0.25) is 4.79 Å². The molecule has 1 N–H and O–H groups in total. The van der Waals surface area contributed by atoms with Gasteiger partial charge in [0.1, 0.15) is 5.82 Å². The second-order valence-corrected chi connectivity index (χ2v) is 7.61. The van der Waals surface area contributed by atoms with Crippen molar-refractivity contribution >= 4 is 54.2 Å². The summed E-state index contributed by atoms with van der Waals surface area (Å²) in [7, 11) is 0. The molecule has 120 valence electrons. The molecule has 1 heterocycles. The maximum atomic E-state index is 14.4. The van der Waals surface area contributed by atoms with E-state index in [1.807, 2.05) is 30.3 Å². The first-order chi connectivity index (χ1) is 11.5. The van der Waals surface area contributed by atoms with Crippen LogP contribution >= 0.6 is 31.9 Å². The zero-order valence-electron chi connectivity index (χ0n) is 12.4. The van der Waals surface area contributed by atoms with Crippen LogP contribution in [0.4, 0.5) is 10.1 Å². The number of benzene rings is 3. The Morgan fingerprint density at radius 1 is 1.00 bits per heavy atom. The Hall–Kier alpha value is -1.72. The number of fused-ring (bicyclic) bond motifs is 3. The number of hydrogen-bond donors (Lipinski definition) is 1. The topological polar surface area (TPSA) is 29.1 Å². The van der Waals surface area contributed by atoms with Gasteiger partial charge in [0.25, 0.3) is 0 Å². The highest BCUT2D eigenvalue weighted by molar-refractivity contribution is 9.11. The quantitative estimate of drug-likeness (QED) is 0.487. The number of carbonyl (C=O) groups excluding carboxylic acids is 1. The van der Waals surface area contributed by atoms with Gasteiger partial charge in [0, 0.05) is 26.7 Å². The van der Waals surface area contributed by atoms with Crippen molar-refractivity contribution in [3.8, 4) is 0 Å². The SMILES string of the molecule is O=C1C[C@@H](c2cc(Br)ccc2F)c2cc(Br)c3ccccc3c2N1. The van der Waals surface area contributed by atoms with Crippen molar-refractivity contribution < 1.29 is 9.18 Å². The minimum atomic E-state index is -0.313. The van der Waals surface area contributed by atoms with E-state index in [-0.39, 0.29) is 24.1 Å². The Labute approximate surface area is 155 Å². The van der Waals surface area contributed by atoms with Gasteiger partial charge in [-0.25, -0.2) is 4.39 Å². The van der Waals surface area contributed by atoms with Gasteiger partial charge in [-0.05, 0) is 40.8 Å². The van der Waals surface area contributed by atoms with Gasteiger partial charge in [0.15, 0.2) is 0 Å². The van der Waals surface area contributed by atoms with Crippen LogP contribution in [0.25, 0.3) is 10.8 Å². The van der Waals surface area contributed by atoms with E-state index in [0.717, 1.165) is 31.0 Å². The molecule has 0 saturated carbocycles. The lowest BCUT2D eigenvalue weighted by atomic mass is 9.83. The molecule has 0 unspecified atom stereocenters. The highest BCUT2D eigenvalue weighted by Crippen LogP contribution is 2.44. The van der Waals surface area contributed by atoms with Gasteiger partial charge in [-0.2, -0.15) is 0 Å². The first kappa shape index (κ1) is 15.8. The molecule has 3 aromatic rings. The van der Waals surface area contributed by atoms with Crippen LogP contribution in [0, 0.1) is 5.82 Å². The van der Waals surface area contributed by atoms with E-state index in [9.17, 15) is 9.18 Å². The van der Waals surface area contributed by atoms with Crippen LogP contribution < -0.4 is 5.32 Å². The zero-order chi connectivity index (χ0) is 16.8.